The molecule has 0 saturated carbocycles. The first kappa shape index (κ1) is 14.9. The van der Waals surface area contributed by atoms with Crippen LogP contribution in [0.25, 0.3) is 0 Å². The zero-order chi connectivity index (χ0) is 14.7. The van der Waals surface area contributed by atoms with E-state index >= 15 is 0 Å². The van der Waals surface area contributed by atoms with Crippen molar-refractivity contribution in [3.05, 3.63) is 46.1 Å². The standard InChI is InChI=1S/C15H21ClN4/c1-11-13(8-9-17)15(20(3)18-11)19(2)10-12-6-4-5-7-14(12)16/h4-7H,8-10,17H2,1-3H3. The Bertz CT molecular complexity index is 592. The molecule has 1 aromatic heterocycles. The predicted octanol–water partition coefficient (Wildman–Crippen LogP) is 2.52. The van der Waals surface area contributed by atoms with E-state index in [0.29, 0.717) is 6.54 Å². The molecule has 2 rings (SSSR count). The zero-order valence-electron chi connectivity index (χ0n) is 12.2. The molecule has 0 aliphatic heterocycles. The van der Waals surface area contributed by atoms with Gasteiger partial charge in [-0.15, -0.1) is 0 Å². The van der Waals surface area contributed by atoms with Crippen LogP contribution < -0.4 is 10.6 Å². The highest BCUT2D eigenvalue weighted by Crippen LogP contribution is 2.25. The molecule has 0 saturated heterocycles. The van der Waals surface area contributed by atoms with Crippen LogP contribution >= 0.6 is 11.6 Å². The van der Waals surface area contributed by atoms with Gasteiger partial charge in [-0.3, -0.25) is 4.68 Å². The average molecular weight is 293 g/mol. The normalized spacial score (nSPS) is 10.8. The quantitative estimate of drug-likeness (QED) is 0.921. The van der Waals surface area contributed by atoms with E-state index in [4.69, 9.17) is 17.3 Å². The van der Waals surface area contributed by atoms with Gasteiger partial charge in [0.15, 0.2) is 0 Å². The molecular formula is C15H21ClN4. The molecule has 5 heteroatoms. The van der Waals surface area contributed by atoms with Crippen molar-refractivity contribution in [2.24, 2.45) is 12.8 Å². The second-order valence-corrected chi connectivity index (χ2v) is 5.40. The summed E-state index contributed by atoms with van der Waals surface area (Å²) in [4.78, 5) is 2.17. The number of benzene rings is 1. The minimum Gasteiger partial charge on any atom is -0.355 e. The summed E-state index contributed by atoms with van der Waals surface area (Å²) in [6.45, 7) is 3.40. The van der Waals surface area contributed by atoms with E-state index in [0.717, 1.165) is 35.1 Å². The minimum atomic E-state index is 0.624. The molecule has 0 aliphatic carbocycles. The highest BCUT2D eigenvalue weighted by atomic mass is 35.5. The van der Waals surface area contributed by atoms with Gasteiger partial charge in [-0.2, -0.15) is 5.10 Å². The monoisotopic (exact) mass is 292 g/mol. The van der Waals surface area contributed by atoms with Gasteiger partial charge in [0.05, 0.1) is 5.69 Å². The van der Waals surface area contributed by atoms with Gasteiger partial charge in [-0.05, 0) is 31.5 Å². The van der Waals surface area contributed by atoms with Gasteiger partial charge in [0, 0.05) is 31.2 Å². The third-order valence-electron chi connectivity index (χ3n) is 3.43. The summed E-state index contributed by atoms with van der Waals surface area (Å²) in [6.07, 6.45) is 0.835. The fourth-order valence-corrected chi connectivity index (χ4v) is 2.76. The highest BCUT2D eigenvalue weighted by Gasteiger charge is 2.17. The fraction of sp³-hybridized carbons (Fsp3) is 0.400. The molecule has 108 valence electrons. The molecule has 0 fully saturated rings. The number of nitrogens with zero attached hydrogens (tertiary/aromatic N) is 3. The lowest BCUT2D eigenvalue weighted by Gasteiger charge is -2.21. The molecule has 1 aromatic carbocycles. The molecule has 1 heterocycles. The van der Waals surface area contributed by atoms with E-state index in [9.17, 15) is 0 Å². The zero-order valence-corrected chi connectivity index (χ0v) is 13.0. The maximum absolute atomic E-state index is 6.23. The average Bonchev–Trinajstić information content (AvgIpc) is 2.67. The van der Waals surface area contributed by atoms with Gasteiger partial charge in [0.2, 0.25) is 0 Å². The summed E-state index contributed by atoms with van der Waals surface area (Å²) >= 11 is 6.23. The first-order valence-corrected chi connectivity index (χ1v) is 7.09. The Labute approximate surface area is 125 Å². The van der Waals surface area contributed by atoms with Crippen molar-refractivity contribution in [2.75, 3.05) is 18.5 Å². The van der Waals surface area contributed by atoms with Gasteiger partial charge in [-0.25, -0.2) is 0 Å². The Morgan fingerprint density at radius 3 is 2.70 bits per heavy atom. The molecule has 20 heavy (non-hydrogen) atoms. The van der Waals surface area contributed by atoms with Crippen molar-refractivity contribution in [2.45, 2.75) is 19.9 Å². The van der Waals surface area contributed by atoms with Gasteiger partial charge in [0.1, 0.15) is 5.82 Å². The number of aryl methyl sites for hydroxylation is 2. The summed E-state index contributed by atoms with van der Waals surface area (Å²) in [5.74, 6) is 1.10. The van der Waals surface area contributed by atoms with Crippen LogP contribution in [0.2, 0.25) is 5.02 Å². The van der Waals surface area contributed by atoms with E-state index in [2.05, 4.69) is 17.0 Å². The lowest BCUT2D eigenvalue weighted by molar-refractivity contribution is 0.725. The third-order valence-corrected chi connectivity index (χ3v) is 3.80. The van der Waals surface area contributed by atoms with Crippen molar-refractivity contribution in [1.82, 2.24) is 9.78 Å². The van der Waals surface area contributed by atoms with Gasteiger partial charge >= 0.3 is 0 Å². The molecule has 2 N–H and O–H groups in total. The van der Waals surface area contributed by atoms with Crippen LogP contribution in [0.5, 0.6) is 0 Å². The molecule has 0 bridgehead atoms. The van der Waals surface area contributed by atoms with Crippen LogP contribution in [0.4, 0.5) is 5.82 Å². The van der Waals surface area contributed by atoms with Crippen molar-refractivity contribution in [3.8, 4) is 0 Å². The third kappa shape index (κ3) is 2.97. The molecule has 0 radical (unpaired) electrons. The fourth-order valence-electron chi connectivity index (χ4n) is 2.56. The minimum absolute atomic E-state index is 0.624. The molecular weight excluding hydrogens is 272 g/mol. The summed E-state index contributed by atoms with van der Waals surface area (Å²) in [7, 11) is 4.02. The molecule has 0 amide bonds. The van der Waals surface area contributed by atoms with E-state index in [1.165, 1.54) is 5.56 Å². The number of halogens is 1. The van der Waals surface area contributed by atoms with Crippen molar-refractivity contribution < 1.29 is 0 Å². The van der Waals surface area contributed by atoms with Crippen molar-refractivity contribution >= 4 is 17.4 Å². The van der Waals surface area contributed by atoms with Crippen LogP contribution in [-0.2, 0) is 20.0 Å². The largest absolute Gasteiger partial charge is 0.355 e. The lowest BCUT2D eigenvalue weighted by atomic mass is 10.1. The number of anilines is 1. The van der Waals surface area contributed by atoms with Crippen LogP contribution in [0.15, 0.2) is 24.3 Å². The van der Waals surface area contributed by atoms with E-state index < -0.39 is 0 Å². The van der Waals surface area contributed by atoms with Gasteiger partial charge in [-0.1, -0.05) is 29.8 Å². The molecule has 0 spiro atoms. The maximum atomic E-state index is 6.23. The summed E-state index contributed by atoms with van der Waals surface area (Å²) in [6, 6.07) is 7.91. The topological polar surface area (TPSA) is 47.1 Å². The Morgan fingerprint density at radius 2 is 2.05 bits per heavy atom. The van der Waals surface area contributed by atoms with Crippen LogP contribution in [0, 0.1) is 6.92 Å². The molecule has 0 unspecified atom stereocenters. The number of rotatable bonds is 5. The SMILES string of the molecule is Cc1nn(C)c(N(C)Cc2ccccc2Cl)c1CCN. The van der Waals surface area contributed by atoms with Crippen molar-refractivity contribution in [1.29, 1.82) is 0 Å². The number of nitrogens with two attached hydrogens (primary N) is 1. The summed E-state index contributed by atoms with van der Waals surface area (Å²) < 4.78 is 1.91. The Morgan fingerprint density at radius 1 is 1.35 bits per heavy atom. The van der Waals surface area contributed by atoms with E-state index in [1.807, 2.05) is 42.9 Å². The van der Waals surface area contributed by atoms with Crippen LogP contribution in [0.1, 0.15) is 16.8 Å². The number of hydrogen-bond donors (Lipinski definition) is 1. The molecule has 0 aliphatic rings. The number of aromatic nitrogens is 2. The second kappa shape index (κ2) is 6.29. The summed E-state index contributed by atoms with van der Waals surface area (Å²) in [5, 5.41) is 5.29. The Balaban J connectivity index is 2.29. The van der Waals surface area contributed by atoms with E-state index in [1.54, 1.807) is 0 Å². The predicted molar refractivity (Wildman–Crippen MR) is 84.3 cm³/mol. The molecule has 2 aromatic rings. The van der Waals surface area contributed by atoms with Gasteiger partial charge < -0.3 is 10.6 Å². The highest BCUT2D eigenvalue weighted by molar-refractivity contribution is 6.31. The number of hydrogen-bond acceptors (Lipinski definition) is 3. The lowest BCUT2D eigenvalue weighted by Crippen LogP contribution is -2.21. The first-order valence-electron chi connectivity index (χ1n) is 6.71. The Hall–Kier alpha value is -1.52. The van der Waals surface area contributed by atoms with Crippen LogP contribution in [0.3, 0.4) is 0 Å². The summed E-state index contributed by atoms with van der Waals surface area (Å²) in [5.41, 5.74) is 9.07. The van der Waals surface area contributed by atoms with Crippen molar-refractivity contribution in [3.63, 3.8) is 0 Å². The van der Waals surface area contributed by atoms with Gasteiger partial charge in [0.25, 0.3) is 0 Å². The maximum Gasteiger partial charge on any atom is 0.130 e. The smallest absolute Gasteiger partial charge is 0.130 e. The molecule has 0 atom stereocenters. The first-order chi connectivity index (χ1) is 9.54. The Kier molecular flexibility index (Phi) is 4.68. The van der Waals surface area contributed by atoms with E-state index in [-0.39, 0.29) is 0 Å². The molecule has 4 nitrogen and oxygen atoms in total. The second-order valence-electron chi connectivity index (χ2n) is 5.00. The van der Waals surface area contributed by atoms with Crippen LogP contribution in [-0.4, -0.2) is 23.4 Å².